The Hall–Kier alpha value is -1.39. The van der Waals surface area contributed by atoms with Crippen LogP contribution >= 0.6 is 0 Å². The Morgan fingerprint density at radius 3 is 2.75 bits per heavy atom. The molecule has 2 unspecified atom stereocenters. The summed E-state index contributed by atoms with van der Waals surface area (Å²) in [5, 5.41) is 12.7. The molecule has 0 saturated heterocycles. The van der Waals surface area contributed by atoms with Gasteiger partial charge in [-0.1, -0.05) is 32.3 Å². The van der Waals surface area contributed by atoms with Gasteiger partial charge in [0.1, 0.15) is 0 Å². The van der Waals surface area contributed by atoms with Gasteiger partial charge in [0.05, 0.1) is 5.92 Å². The summed E-state index contributed by atoms with van der Waals surface area (Å²) in [5.74, 6) is -0.525. The van der Waals surface area contributed by atoms with Crippen LogP contribution in [-0.4, -0.2) is 21.2 Å². The third-order valence-corrected chi connectivity index (χ3v) is 2.77. The van der Waals surface area contributed by atoms with E-state index in [1.54, 1.807) is 13.8 Å². The van der Waals surface area contributed by atoms with Crippen molar-refractivity contribution >= 4 is 5.97 Å². The molecule has 1 N–H and O–H groups in total. The van der Waals surface area contributed by atoms with E-state index in [9.17, 15) is 4.79 Å². The Labute approximate surface area is 94.9 Å². The fraction of sp³-hybridized carbons (Fsp3) is 0.727. The topological polar surface area (TPSA) is 76.2 Å². The molecule has 1 rings (SSSR count). The standard InChI is InChI=1S/C11H18N2O3/c1-4-5-6-9-12-10(16-13-9)7(2)8(3)11(14)15/h7-8H,4-6H2,1-3H3,(H,14,15). The fourth-order valence-corrected chi connectivity index (χ4v) is 1.32. The number of unbranched alkanes of at least 4 members (excludes halogenated alkanes) is 1. The highest BCUT2D eigenvalue weighted by atomic mass is 16.5. The largest absolute Gasteiger partial charge is 0.481 e. The zero-order chi connectivity index (χ0) is 12.1. The van der Waals surface area contributed by atoms with Crippen molar-refractivity contribution in [2.75, 3.05) is 0 Å². The Bertz CT molecular complexity index is 349. The monoisotopic (exact) mass is 226 g/mol. The third kappa shape index (κ3) is 3.05. The summed E-state index contributed by atoms with van der Waals surface area (Å²) < 4.78 is 5.07. The van der Waals surface area contributed by atoms with Gasteiger partial charge in [-0.15, -0.1) is 0 Å². The van der Waals surface area contributed by atoms with E-state index in [4.69, 9.17) is 9.63 Å². The molecule has 1 aromatic heterocycles. The molecule has 0 saturated carbocycles. The van der Waals surface area contributed by atoms with Crippen LogP contribution in [0.3, 0.4) is 0 Å². The van der Waals surface area contributed by atoms with Gasteiger partial charge < -0.3 is 9.63 Å². The van der Waals surface area contributed by atoms with E-state index in [0.29, 0.717) is 11.7 Å². The predicted octanol–water partition coefficient (Wildman–Crippen LogP) is 2.24. The second-order valence-electron chi connectivity index (χ2n) is 4.07. The van der Waals surface area contributed by atoms with E-state index in [2.05, 4.69) is 17.1 Å². The number of carboxylic acids is 1. The van der Waals surface area contributed by atoms with Crippen LogP contribution in [0.25, 0.3) is 0 Å². The van der Waals surface area contributed by atoms with Crippen LogP contribution in [0.1, 0.15) is 51.2 Å². The second-order valence-corrected chi connectivity index (χ2v) is 4.07. The minimum Gasteiger partial charge on any atom is -0.481 e. The molecular weight excluding hydrogens is 208 g/mol. The van der Waals surface area contributed by atoms with Crippen molar-refractivity contribution < 1.29 is 14.4 Å². The van der Waals surface area contributed by atoms with Crippen LogP contribution in [0, 0.1) is 5.92 Å². The maximum Gasteiger partial charge on any atom is 0.307 e. The molecule has 0 fully saturated rings. The van der Waals surface area contributed by atoms with Gasteiger partial charge in [0.15, 0.2) is 5.82 Å². The molecule has 0 aliphatic heterocycles. The van der Waals surface area contributed by atoms with Gasteiger partial charge in [-0.3, -0.25) is 4.79 Å². The number of aliphatic carboxylic acids is 1. The molecule has 0 bridgehead atoms. The summed E-state index contributed by atoms with van der Waals surface area (Å²) in [6.45, 7) is 5.52. The van der Waals surface area contributed by atoms with Crippen molar-refractivity contribution in [3.05, 3.63) is 11.7 Å². The number of nitrogens with zero attached hydrogens (tertiary/aromatic N) is 2. The lowest BCUT2D eigenvalue weighted by molar-refractivity contribution is -0.141. The van der Waals surface area contributed by atoms with Crippen LogP contribution in [0.15, 0.2) is 4.52 Å². The predicted molar refractivity (Wildman–Crippen MR) is 58.1 cm³/mol. The molecule has 5 heteroatoms. The van der Waals surface area contributed by atoms with Crippen LogP contribution in [0.4, 0.5) is 0 Å². The summed E-state index contributed by atoms with van der Waals surface area (Å²) >= 11 is 0. The number of hydrogen-bond acceptors (Lipinski definition) is 4. The molecule has 1 heterocycles. The fourth-order valence-electron chi connectivity index (χ4n) is 1.32. The lowest BCUT2D eigenvalue weighted by Gasteiger charge is -2.10. The molecule has 0 radical (unpaired) electrons. The van der Waals surface area contributed by atoms with E-state index < -0.39 is 11.9 Å². The van der Waals surface area contributed by atoms with Crippen molar-refractivity contribution in [2.45, 2.75) is 46.0 Å². The molecule has 0 aliphatic rings. The van der Waals surface area contributed by atoms with Gasteiger partial charge in [0.25, 0.3) is 0 Å². The van der Waals surface area contributed by atoms with Crippen molar-refractivity contribution in [3.8, 4) is 0 Å². The van der Waals surface area contributed by atoms with Gasteiger partial charge in [-0.2, -0.15) is 4.98 Å². The summed E-state index contributed by atoms with van der Waals surface area (Å²) in [4.78, 5) is 15.0. The Kier molecular flexibility index (Phi) is 4.46. The lowest BCUT2D eigenvalue weighted by Crippen LogP contribution is -2.16. The summed E-state index contributed by atoms with van der Waals surface area (Å²) in [6, 6.07) is 0. The Morgan fingerprint density at radius 2 is 2.19 bits per heavy atom. The Balaban J connectivity index is 2.66. The van der Waals surface area contributed by atoms with E-state index in [-0.39, 0.29) is 5.92 Å². The maximum absolute atomic E-state index is 10.8. The average Bonchev–Trinajstić information content (AvgIpc) is 2.72. The van der Waals surface area contributed by atoms with Crippen molar-refractivity contribution in [1.29, 1.82) is 0 Å². The van der Waals surface area contributed by atoms with Crippen LogP contribution in [-0.2, 0) is 11.2 Å². The quantitative estimate of drug-likeness (QED) is 0.804. The van der Waals surface area contributed by atoms with Gasteiger partial charge in [-0.05, 0) is 6.42 Å². The van der Waals surface area contributed by atoms with Crippen molar-refractivity contribution in [1.82, 2.24) is 10.1 Å². The number of carboxylic acid groups (broad SMARTS) is 1. The first-order valence-corrected chi connectivity index (χ1v) is 5.61. The first-order chi connectivity index (χ1) is 7.56. The molecule has 0 aliphatic carbocycles. The van der Waals surface area contributed by atoms with Crippen molar-refractivity contribution in [2.24, 2.45) is 5.92 Å². The molecule has 1 aromatic rings. The van der Waals surface area contributed by atoms with Crippen molar-refractivity contribution in [3.63, 3.8) is 0 Å². The first kappa shape index (κ1) is 12.7. The van der Waals surface area contributed by atoms with E-state index in [0.717, 1.165) is 19.3 Å². The molecule has 0 spiro atoms. The first-order valence-electron chi connectivity index (χ1n) is 5.61. The third-order valence-electron chi connectivity index (χ3n) is 2.77. The number of rotatable bonds is 6. The zero-order valence-electron chi connectivity index (χ0n) is 9.93. The molecule has 5 nitrogen and oxygen atoms in total. The maximum atomic E-state index is 10.8. The van der Waals surface area contributed by atoms with Crippen LogP contribution in [0.5, 0.6) is 0 Å². The molecule has 0 aromatic carbocycles. The highest BCUT2D eigenvalue weighted by Gasteiger charge is 2.25. The average molecular weight is 226 g/mol. The van der Waals surface area contributed by atoms with Gasteiger partial charge >= 0.3 is 5.97 Å². The zero-order valence-corrected chi connectivity index (χ0v) is 9.93. The number of aryl methyl sites for hydroxylation is 1. The summed E-state index contributed by atoms with van der Waals surface area (Å²) in [7, 11) is 0. The van der Waals surface area contributed by atoms with Crippen LogP contribution in [0.2, 0.25) is 0 Å². The summed E-state index contributed by atoms with van der Waals surface area (Å²) in [5.41, 5.74) is 0. The molecule has 16 heavy (non-hydrogen) atoms. The van der Waals surface area contributed by atoms with E-state index in [1.165, 1.54) is 0 Å². The van der Waals surface area contributed by atoms with Gasteiger partial charge in [0.2, 0.25) is 5.89 Å². The lowest BCUT2D eigenvalue weighted by atomic mass is 9.96. The van der Waals surface area contributed by atoms with Crippen LogP contribution < -0.4 is 0 Å². The van der Waals surface area contributed by atoms with E-state index in [1.807, 2.05) is 0 Å². The number of hydrogen-bond donors (Lipinski definition) is 1. The Morgan fingerprint density at radius 1 is 1.50 bits per heavy atom. The minimum atomic E-state index is -0.846. The minimum absolute atomic E-state index is 0.250. The second kappa shape index (κ2) is 5.63. The SMILES string of the molecule is CCCCc1noc(C(C)C(C)C(=O)O)n1. The van der Waals surface area contributed by atoms with Gasteiger partial charge in [-0.25, -0.2) is 0 Å². The molecule has 0 amide bonds. The molecule has 2 atom stereocenters. The highest BCUT2D eigenvalue weighted by Crippen LogP contribution is 2.22. The summed E-state index contributed by atoms with van der Waals surface area (Å²) in [6.07, 6.45) is 2.88. The molecule has 90 valence electrons. The normalized spacial score (nSPS) is 14.7. The number of aromatic nitrogens is 2. The molecular formula is C11H18N2O3. The smallest absolute Gasteiger partial charge is 0.307 e. The number of carbonyl (C=O) groups is 1. The van der Waals surface area contributed by atoms with Gasteiger partial charge in [0, 0.05) is 12.3 Å². The van der Waals surface area contributed by atoms with E-state index >= 15 is 0 Å². The highest BCUT2D eigenvalue weighted by molar-refractivity contribution is 5.70.